The zero-order chi connectivity index (χ0) is 27.4. The van der Waals surface area contributed by atoms with Crippen molar-refractivity contribution in [1.82, 2.24) is 24.4 Å². The Hall–Kier alpha value is -4.22. The summed E-state index contributed by atoms with van der Waals surface area (Å²) >= 11 is 0. The standard InChI is InChI=1S/C27H33FN8O2/c1-7-25(37)31-20-13-21(24(38-6)14-23(20)35(4)11-10-34(2)3)32-27-30-16-29-26(33-27)19-15-36(5)22-9-8-17(28)12-18(19)22/h7-9,12-16,25,31,37H,1,10-11H2,2-6H3,(H,29,30,32,33). The average Bonchev–Trinajstić information content (AvgIpc) is 3.22. The lowest BCUT2D eigenvalue weighted by Crippen LogP contribution is -2.29. The van der Waals surface area contributed by atoms with Gasteiger partial charge in [0.1, 0.15) is 24.1 Å². The number of hydrogen-bond acceptors (Lipinski definition) is 9. The first-order valence-corrected chi connectivity index (χ1v) is 12.1. The molecule has 0 radical (unpaired) electrons. The van der Waals surface area contributed by atoms with Crippen LogP contribution in [-0.2, 0) is 7.05 Å². The van der Waals surface area contributed by atoms with Gasteiger partial charge in [-0.25, -0.2) is 14.4 Å². The fraction of sp³-hybridized carbons (Fsp3) is 0.296. The van der Waals surface area contributed by atoms with E-state index in [1.807, 2.05) is 51.1 Å². The molecular formula is C27H33FN8O2. The molecule has 4 rings (SSSR count). The number of halogens is 1. The van der Waals surface area contributed by atoms with Gasteiger partial charge in [-0.3, -0.25) is 0 Å². The van der Waals surface area contributed by atoms with Crippen LogP contribution in [0.2, 0.25) is 0 Å². The molecule has 0 saturated carbocycles. The van der Waals surface area contributed by atoms with Gasteiger partial charge in [0.05, 0.1) is 24.2 Å². The highest BCUT2D eigenvalue weighted by atomic mass is 19.1. The number of rotatable bonds is 11. The van der Waals surface area contributed by atoms with Crippen molar-refractivity contribution < 1.29 is 14.2 Å². The molecule has 1 unspecified atom stereocenters. The summed E-state index contributed by atoms with van der Waals surface area (Å²) in [6, 6.07) is 8.33. The number of likely N-dealkylation sites (N-methyl/N-ethyl adjacent to an activating group) is 2. The number of ether oxygens (including phenoxy) is 1. The van der Waals surface area contributed by atoms with Gasteiger partial charge in [-0.2, -0.15) is 4.98 Å². The Morgan fingerprint density at radius 3 is 2.66 bits per heavy atom. The minimum Gasteiger partial charge on any atom is -0.494 e. The first-order valence-electron chi connectivity index (χ1n) is 12.1. The normalized spacial score (nSPS) is 12.0. The van der Waals surface area contributed by atoms with Gasteiger partial charge in [-0.1, -0.05) is 6.58 Å². The van der Waals surface area contributed by atoms with Crippen LogP contribution in [0.5, 0.6) is 5.75 Å². The summed E-state index contributed by atoms with van der Waals surface area (Å²) in [4.78, 5) is 17.4. The molecular weight excluding hydrogens is 487 g/mol. The number of nitrogens with zero attached hydrogens (tertiary/aromatic N) is 6. The van der Waals surface area contributed by atoms with E-state index in [4.69, 9.17) is 4.74 Å². The fourth-order valence-corrected chi connectivity index (χ4v) is 4.10. The van der Waals surface area contributed by atoms with Crippen LogP contribution >= 0.6 is 0 Å². The monoisotopic (exact) mass is 520 g/mol. The van der Waals surface area contributed by atoms with Gasteiger partial charge in [-0.05, 0) is 44.4 Å². The highest BCUT2D eigenvalue weighted by Crippen LogP contribution is 2.38. The Balaban J connectivity index is 1.71. The molecule has 0 aliphatic carbocycles. The molecule has 0 amide bonds. The smallest absolute Gasteiger partial charge is 0.230 e. The summed E-state index contributed by atoms with van der Waals surface area (Å²) in [5.41, 5.74) is 3.64. The maximum absolute atomic E-state index is 14.0. The van der Waals surface area contributed by atoms with Gasteiger partial charge >= 0.3 is 0 Å². The number of benzene rings is 2. The van der Waals surface area contributed by atoms with Gasteiger partial charge in [0.15, 0.2) is 5.82 Å². The van der Waals surface area contributed by atoms with Gasteiger partial charge < -0.3 is 34.8 Å². The van der Waals surface area contributed by atoms with E-state index in [1.165, 1.54) is 24.5 Å². The lowest BCUT2D eigenvalue weighted by atomic mass is 10.1. The number of fused-ring (bicyclic) bond motifs is 1. The second kappa shape index (κ2) is 11.4. The SMILES string of the molecule is C=CC(O)Nc1cc(Nc2ncnc(-c3cn(C)c4ccc(F)cc34)n2)c(OC)cc1N(C)CCN(C)C. The predicted molar refractivity (Wildman–Crippen MR) is 150 cm³/mol. The second-order valence-electron chi connectivity index (χ2n) is 9.19. The number of aromatic nitrogens is 4. The molecule has 2 heterocycles. The molecule has 2 aromatic heterocycles. The second-order valence-corrected chi connectivity index (χ2v) is 9.19. The van der Waals surface area contributed by atoms with E-state index in [9.17, 15) is 9.50 Å². The Labute approximate surface area is 221 Å². The topological polar surface area (TPSA) is 104 Å². The molecule has 3 N–H and O–H groups in total. The third-order valence-electron chi connectivity index (χ3n) is 6.15. The maximum Gasteiger partial charge on any atom is 0.230 e. The van der Waals surface area contributed by atoms with E-state index in [2.05, 4.69) is 42.0 Å². The van der Waals surface area contributed by atoms with Crippen molar-refractivity contribution in [2.24, 2.45) is 7.05 Å². The predicted octanol–water partition coefficient (Wildman–Crippen LogP) is 3.84. The quantitative estimate of drug-likeness (QED) is 0.201. The summed E-state index contributed by atoms with van der Waals surface area (Å²) in [6.45, 7) is 5.25. The summed E-state index contributed by atoms with van der Waals surface area (Å²) in [7, 11) is 9.47. The Morgan fingerprint density at radius 1 is 1.16 bits per heavy atom. The number of aryl methyl sites for hydroxylation is 1. The molecule has 4 aromatic rings. The Morgan fingerprint density at radius 2 is 1.95 bits per heavy atom. The van der Waals surface area contributed by atoms with Crippen molar-refractivity contribution >= 4 is 33.9 Å². The minimum atomic E-state index is -0.951. The molecule has 0 bridgehead atoms. The number of aliphatic hydroxyl groups excluding tert-OH is 1. The van der Waals surface area contributed by atoms with Gasteiger partial charge in [-0.15, -0.1) is 0 Å². The third-order valence-corrected chi connectivity index (χ3v) is 6.15. The molecule has 1 atom stereocenters. The molecule has 0 saturated heterocycles. The molecule has 10 nitrogen and oxygen atoms in total. The van der Waals surface area contributed by atoms with Crippen molar-refractivity contribution in [3.8, 4) is 17.1 Å². The Kier molecular flexibility index (Phi) is 8.08. The molecule has 200 valence electrons. The van der Waals surface area contributed by atoms with Crippen LogP contribution in [0.25, 0.3) is 22.3 Å². The maximum atomic E-state index is 14.0. The highest BCUT2D eigenvalue weighted by Gasteiger charge is 2.18. The fourth-order valence-electron chi connectivity index (χ4n) is 4.10. The molecule has 0 aliphatic heterocycles. The van der Waals surface area contributed by atoms with Crippen LogP contribution < -0.4 is 20.3 Å². The molecule has 2 aromatic carbocycles. The van der Waals surface area contributed by atoms with Crippen LogP contribution in [-0.4, -0.2) is 77.1 Å². The number of methoxy groups -OCH3 is 1. The van der Waals surface area contributed by atoms with Crippen molar-refractivity contribution in [2.75, 3.05) is 56.9 Å². The number of anilines is 4. The molecule has 11 heteroatoms. The van der Waals surface area contributed by atoms with Crippen LogP contribution in [0.15, 0.2) is 55.5 Å². The summed E-state index contributed by atoms with van der Waals surface area (Å²) in [6.07, 6.45) is 3.72. The average molecular weight is 521 g/mol. The third kappa shape index (κ3) is 5.84. The van der Waals surface area contributed by atoms with Crippen LogP contribution in [0.1, 0.15) is 0 Å². The Bertz CT molecular complexity index is 1440. The zero-order valence-electron chi connectivity index (χ0n) is 22.2. The van der Waals surface area contributed by atoms with E-state index < -0.39 is 6.23 Å². The minimum absolute atomic E-state index is 0.283. The van der Waals surface area contributed by atoms with Crippen molar-refractivity contribution in [2.45, 2.75) is 6.23 Å². The first kappa shape index (κ1) is 26.8. The number of aliphatic hydroxyl groups is 1. The van der Waals surface area contributed by atoms with E-state index in [-0.39, 0.29) is 11.8 Å². The highest BCUT2D eigenvalue weighted by molar-refractivity contribution is 5.94. The molecule has 0 fully saturated rings. The van der Waals surface area contributed by atoms with E-state index in [1.54, 1.807) is 13.2 Å². The van der Waals surface area contributed by atoms with Crippen LogP contribution in [0.3, 0.4) is 0 Å². The lowest BCUT2D eigenvalue weighted by Gasteiger charge is -2.27. The zero-order valence-corrected chi connectivity index (χ0v) is 22.2. The first-order chi connectivity index (χ1) is 18.2. The summed E-state index contributed by atoms with van der Waals surface area (Å²) in [5, 5.41) is 17.2. The lowest BCUT2D eigenvalue weighted by molar-refractivity contribution is 0.253. The summed E-state index contributed by atoms with van der Waals surface area (Å²) in [5.74, 6) is 0.910. The van der Waals surface area contributed by atoms with E-state index in [0.717, 1.165) is 24.3 Å². The van der Waals surface area contributed by atoms with Gasteiger partial charge in [0.2, 0.25) is 5.95 Å². The van der Waals surface area contributed by atoms with Crippen LogP contribution in [0.4, 0.5) is 27.4 Å². The molecule has 0 spiro atoms. The molecule has 38 heavy (non-hydrogen) atoms. The van der Waals surface area contributed by atoms with Crippen molar-refractivity contribution in [3.63, 3.8) is 0 Å². The van der Waals surface area contributed by atoms with Crippen molar-refractivity contribution in [3.05, 3.63) is 61.3 Å². The van der Waals surface area contributed by atoms with Gasteiger partial charge in [0, 0.05) is 55.9 Å². The van der Waals surface area contributed by atoms with Crippen LogP contribution in [0, 0.1) is 5.82 Å². The number of nitrogens with one attached hydrogen (secondary N) is 2. The molecule has 0 aliphatic rings. The van der Waals surface area contributed by atoms with E-state index >= 15 is 0 Å². The van der Waals surface area contributed by atoms with E-state index in [0.29, 0.717) is 33.9 Å². The summed E-state index contributed by atoms with van der Waals surface area (Å²) < 4.78 is 21.6. The largest absolute Gasteiger partial charge is 0.494 e. The number of hydrogen-bond donors (Lipinski definition) is 3. The van der Waals surface area contributed by atoms with Crippen molar-refractivity contribution in [1.29, 1.82) is 0 Å². The van der Waals surface area contributed by atoms with Gasteiger partial charge in [0.25, 0.3) is 0 Å².